The van der Waals surface area contributed by atoms with Crippen molar-refractivity contribution < 1.29 is 13.3 Å². The van der Waals surface area contributed by atoms with Gasteiger partial charge in [-0.25, -0.2) is 4.98 Å². The van der Waals surface area contributed by atoms with Crippen molar-refractivity contribution in [2.24, 2.45) is 0 Å². The van der Waals surface area contributed by atoms with Gasteiger partial charge in [-0.3, -0.25) is 0 Å². The average Bonchev–Trinajstić information content (AvgIpc) is 4.04. The van der Waals surface area contributed by atoms with E-state index in [-0.39, 0.29) is 0 Å². The molecule has 0 unspecified atom stereocenters. The average molecular weight is 771 g/mol. The third-order valence-electron chi connectivity index (χ3n) is 11.5. The molecule has 0 aliphatic heterocycles. The predicted molar refractivity (Wildman–Crippen MR) is 245 cm³/mol. The standard InChI is InChI=1S/C55H34N2O3/c1-3-10-35(11-4-1)36-18-25-41(26-19-36)57(43-29-22-38(23-30-43)44-15-9-16-46-45-14-7-8-17-48(45)59-54(44)46)42-27-20-37(21-28-42)40-24-31-47-51(34-40)58-49-32-33-50-53(52(47)49)56-55(60-50)39-12-5-2-6-13-39/h1-34H. The molecule has 9 aromatic carbocycles. The van der Waals surface area contributed by atoms with Gasteiger partial charge in [-0.15, -0.1) is 0 Å². The molecule has 0 aliphatic carbocycles. The molecule has 5 heteroatoms. The van der Waals surface area contributed by atoms with Gasteiger partial charge in [0.1, 0.15) is 27.8 Å². The molecule has 12 rings (SSSR count). The summed E-state index contributed by atoms with van der Waals surface area (Å²) in [6.45, 7) is 0. The van der Waals surface area contributed by atoms with Gasteiger partial charge in [-0.2, -0.15) is 0 Å². The number of benzene rings is 9. The minimum absolute atomic E-state index is 0.599. The first-order chi connectivity index (χ1) is 29.7. The van der Waals surface area contributed by atoms with Crippen LogP contribution in [0.15, 0.2) is 220 Å². The van der Waals surface area contributed by atoms with Crippen LogP contribution in [0.2, 0.25) is 0 Å². The monoisotopic (exact) mass is 770 g/mol. The molecule has 0 amide bonds. The molecule has 0 fully saturated rings. The van der Waals surface area contributed by atoms with Crippen LogP contribution in [0.4, 0.5) is 17.1 Å². The number of oxazole rings is 1. The fourth-order valence-corrected chi connectivity index (χ4v) is 8.58. The molecule has 12 aromatic rings. The zero-order chi connectivity index (χ0) is 39.6. The van der Waals surface area contributed by atoms with E-state index in [2.05, 4.69) is 150 Å². The Morgan fingerprint density at radius 1 is 0.333 bits per heavy atom. The maximum Gasteiger partial charge on any atom is 0.227 e. The number of hydrogen-bond acceptors (Lipinski definition) is 5. The number of rotatable bonds is 7. The Hall–Kier alpha value is -8.15. The largest absolute Gasteiger partial charge is 0.456 e. The third-order valence-corrected chi connectivity index (χ3v) is 11.5. The van der Waals surface area contributed by atoms with Crippen molar-refractivity contribution in [3.05, 3.63) is 206 Å². The van der Waals surface area contributed by atoms with Crippen molar-refractivity contribution in [3.8, 4) is 44.8 Å². The van der Waals surface area contributed by atoms with Gasteiger partial charge in [0.15, 0.2) is 5.58 Å². The summed E-state index contributed by atoms with van der Waals surface area (Å²) < 4.78 is 19.0. The van der Waals surface area contributed by atoms with Crippen LogP contribution < -0.4 is 4.90 Å². The van der Waals surface area contributed by atoms with Crippen LogP contribution in [0.3, 0.4) is 0 Å². The third kappa shape index (κ3) is 5.67. The number of nitrogens with zero attached hydrogens (tertiary/aromatic N) is 2. The first-order valence-electron chi connectivity index (χ1n) is 20.1. The smallest absolute Gasteiger partial charge is 0.227 e. The van der Waals surface area contributed by atoms with Gasteiger partial charge < -0.3 is 18.2 Å². The summed E-state index contributed by atoms with van der Waals surface area (Å²) in [7, 11) is 0. The summed E-state index contributed by atoms with van der Waals surface area (Å²) in [5, 5.41) is 4.22. The Balaban J connectivity index is 0.907. The summed E-state index contributed by atoms with van der Waals surface area (Å²) >= 11 is 0. The van der Waals surface area contributed by atoms with Gasteiger partial charge in [-0.1, -0.05) is 127 Å². The molecule has 3 heterocycles. The van der Waals surface area contributed by atoms with E-state index in [9.17, 15) is 0 Å². The van der Waals surface area contributed by atoms with E-state index in [1.807, 2.05) is 60.7 Å². The van der Waals surface area contributed by atoms with Crippen molar-refractivity contribution in [2.45, 2.75) is 0 Å². The number of furan rings is 2. The zero-order valence-electron chi connectivity index (χ0n) is 32.2. The highest BCUT2D eigenvalue weighted by molar-refractivity contribution is 6.17. The molecule has 282 valence electrons. The first-order valence-corrected chi connectivity index (χ1v) is 20.1. The summed E-state index contributed by atoms with van der Waals surface area (Å²) in [5.74, 6) is 0.599. The SMILES string of the molecule is c1ccc(-c2ccc(N(c3ccc(-c4ccc5c(c4)oc4ccc6oc(-c7ccccc7)nc6c45)cc3)c3ccc(-c4cccc5c4oc4ccccc45)cc3)cc2)cc1. The Bertz CT molecular complexity index is 3510. The quantitative estimate of drug-likeness (QED) is 0.162. The van der Waals surface area contributed by atoms with Gasteiger partial charge in [0.2, 0.25) is 5.89 Å². The van der Waals surface area contributed by atoms with Crippen LogP contribution in [0, 0.1) is 0 Å². The molecule has 0 saturated heterocycles. The summed E-state index contributed by atoms with van der Waals surface area (Å²) in [5.41, 5.74) is 15.7. The van der Waals surface area contributed by atoms with E-state index in [0.717, 1.165) is 99.9 Å². The topological polar surface area (TPSA) is 55.6 Å². The van der Waals surface area contributed by atoms with Crippen molar-refractivity contribution in [1.82, 2.24) is 4.98 Å². The lowest BCUT2D eigenvalue weighted by atomic mass is 10.0. The Morgan fingerprint density at radius 2 is 0.900 bits per heavy atom. The highest BCUT2D eigenvalue weighted by atomic mass is 16.4. The van der Waals surface area contributed by atoms with Gasteiger partial charge in [0, 0.05) is 44.3 Å². The minimum atomic E-state index is 0.599. The van der Waals surface area contributed by atoms with E-state index in [1.165, 1.54) is 11.1 Å². The fourth-order valence-electron chi connectivity index (χ4n) is 8.58. The van der Waals surface area contributed by atoms with Crippen LogP contribution in [0.25, 0.3) is 99.8 Å². The van der Waals surface area contributed by atoms with E-state index >= 15 is 0 Å². The summed E-state index contributed by atoms with van der Waals surface area (Å²) in [6.07, 6.45) is 0. The number of aromatic nitrogens is 1. The molecule has 0 atom stereocenters. The maximum absolute atomic E-state index is 6.44. The molecular formula is C55H34N2O3. The van der Waals surface area contributed by atoms with Crippen molar-refractivity contribution >= 4 is 72.0 Å². The molecule has 60 heavy (non-hydrogen) atoms. The van der Waals surface area contributed by atoms with Crippen LogP contribution in [0.5, 0.6) is 0 Å². The second-order valence-corrected chi connectivity index (χ2v) is 15.1. The normalized spacial score (nSPS) is 11.7. The molecule has 5 nitrogen and oxygen atoms in total. The van der Waals surface area contributed by atoms with E-state index in [1.54, 1.807) is 0 Å². The van der Waals surface area contributed by atoms with Gasteiger partial charge >= 0.3 is 0 Å². The maximum atomic E-state index is 6.44. The molecule has 0 aliphatic rings. The van der Waals surface area contributed by atoms with Gasteiger partial charge in [0.25, 0.3) is 0 Å². The molecule has 3 aromatic heterocycles. The second-order valence-electron chi connectivity index (χ2n) is 15.1. The fraction of sp³-hybridized carbons (Fsp3) is 0. The number of hydrogen-bond donors (Lipinski definition) is 0. The van der Waals surface area contributed by atoms with E-state index in [4.69, 9.17) is 18.2 Å². The van der Waals surface area contributed by atoms with Gasteiger partial charge in [0.05, 0.1) is 5.39 Å². The predicted octanol–water partition coefficient (Wildman–Crippen LogP) is 15.8. The number of fused-ring (bicyclic) bond motifs is 8. The second kappa shape index (κ2) is 13.8. The lowest BCUT2D eigenvalue weighted by molar-refractivity contribution is 0.619. The van der Waals surface area contributed by atoms with E-state index < -0.39 is 0 Å². The van der Waals surface area contributed by atoms with Crippen molar-refractivity contribution in [2.75, 3.05) is 4.90 Å². The van der Waals surface area contributed by atoms with Gasteiger partial charge in [-0.05, 0) is 107 Å². The molecule has 0 radical (unpaired) electrons. The molecule has 0 spiro atoms. The lowest BCUT2D eigenvalue weighted by Crippen LogP contribution is -2.09. The van der Waals surface area contributed by atoms with Crippen LogP contribution >= 0.6 is 0 Å². The van der Waals surface area contributed by atoms with Crippen molar-refractivity contribution in [1.29, 1.82) is 0 Å². The number of para-hydroxylation sites is 2. The summed E-state index contributed by atoms with van der Waals surface area (Å²) in [6, 6.07) is 71.7. The number of anilines is 3. The van der Waals surface area contributed by atoms with Crippen LogP contribution in [-0.2, 0) is 0 Å². The first kappa shape index (κ1) is 33.9. The molecule has 0 bridgehead atoms. The van der Waals surface area contributed by atoms with E-state index in [0.29, 0.717) is 5.89 Å². The Morgan fingerprint density at radius 3 is 1.62 bits per heavy atom. The van der Waals surface area contributed by atoms with Crippen LogP contribution in [-0.4, -0.2) is 4.98 Å². The Labute approximate surface area is 345 Å². The lowest BCUT2D eigenvalue weighted by Gasteiger charge is -2.26. The van der Waals surface area contributed by atoms with Crippen molar-refractivity contribution in [3.63, 3.8) is 0 Å². The highest BCUT2D eigenvalue weighted by Crippen LogP contribution is 2.42. The minimum Gasteiger partial charge on any atom is -0.456 e. The molecule has 0 N–H and O–H groups in total. The zero-order valence-corrected chi connectivity index (χ0v) is 32.2. The Kier molecular flexibility index (Phi) is 7.78. The highest BCUT2D eigenvalue weighted by Gasteiger charge is 2.19. The summed E-state index contributed by atoms with van der Waals surface area (Å²) in [4.78, 5) is 7.22. The molecular weight excluding hydrogens is 737 g/mol. The molecule has 0 saturated carbocycles. The van der Waals surface area contributed by atoms with Crippen LogP contribution in [0.1, 0.15) is 0 Å².